The summed E-state index contributed by atoms with van der Waals surface area (Å²) in [6, 6.07) is 16.1. The normalized spacial score (nSPS) is 11.3. The van der Waals surface area contributed by atoms with Crippen LogP contribution in [0.1, 0.15) is 17.2 Å². The fourth-order valence-electron chi connectivity index (χ4n) is 2.02. The fourth-order valence-corrected chi connectivity index (χ4v) is 2.30. The summed E-state index contributed by atoms with van der Waals surface area (Å²) in [5.41, 5.74) is 2.19. The zero-order chi connectivity index (χ0) is 14.2. The van der Waals surface area contributed by atoms with Crippen LogP contribution in [-0.2, 0) is 6.42 Å². The van der Waals surface area contributed by atoms with E-state index in [1.165, 1.54) is 5.56 Å². The highest BCUT2D eigenvalue weighted by molar-refractivity contribution is 7.80. The van der Waals surface area contributed by atoms with Gasteiger partial charge in [-0.05, 0) is 24.1 Å². The van der Waals surface area contributed by atoms with E-state index in [9.17, 15) is 0 Å². The first-order valence-corrected chi connectivity index (χ1v) is 6.88. The standard InChI is InChI=1S/C17H16N2S/c1-2-11-19-17(20)15(16-10-6-7-12-18-16)13-14-8-4-3-5-9-14/h1,3-10,12,15H,11,13H2,(H,19,20). The van der Waals surface area contributed by atoms with Gasteiger partial charge in [-0.2, -0.15) is 0 Å². The van der Waals surface area contributed by atoms with Gasteiger partial charge in [0.25, 0.3) is 0 Å². The van der Waals surface area contributed by atoms with Gasteiger partial charge in [-0.15, -0.1) is 6.42 Å². The Kier molecular flexibility index (Phi) is 5.28. The Morgan fingerprint density at radius 1 is 1.20 bits per heavy atom. The van der Waals surface area contributed by atoms with Gasteiger partial charge in [0, 0.05) is 6.20 Å². The van der Waals surface area contributed by atoms with Crippen LogP contribution in [0.2, 0.25) is 0 Å². The average molecular weight is 280 g/mol. The smallest absolute Gasteiger partial charge is 0.0856 e. The van der Waals surface area contributed by atoms with E-state index in [0.29, 0.717) is 6.54 Å². The van der Waals surface area contributed by atoms with Crippen LogP contribution in [0, 0.1) is 12.3 Å². The van der Waals surface area contributed by atoms with E-state index in [2.05, 4.69) is 28.4 Å². The third-order valence-electron chi connectivity index (χ3n) is 3.01. The molecule has 0 radical (unpaired) electrons. The number of rotatable bonds is 5. The Hall–Kier alpha value is -2.18. The Morgan fingerprint density at radius 2 is 1.95 bits per heavy atom. The van der Waals surface area contributed by atoms with Crippen molar-refractivity contribution in [2.24, 2.45) is 0 Å². The third-order valence-corrected chi connectivity index (χ3v) is 3.44. The molecule has 3 heteroatoms. The van der Waals surface area contributed by atoms with Crippen molar-refractivity contribution in [3.63, 3.8) is 0 Å². The minimum atomic E-state index is 0.0435. The first-order valence-electron chi connectivity index (χ1n) is 6.47. The molecule has 0 saturated carbocycles. The van der Waals surface area contributed by atoms with Crippen molar-refractivity contribution in [3.8, 4) is 12.3 Å². The van der Waals surface area contributed by atoms with Crippen LogP contribution in [0.25, 0.3) is 0 Å². The molecule has 1 aromatic heterocycles. The number of hydrogen-bond donors (Lipinski definition) is 1. The zero-order valence-corrected chi connectivity index (χ0v) is 11.9. The Bertz CT molecular complexity index is 587. The van der Waals surface area contributed by atoms with Crippen molar-refractivity contribution < 1.29 is 0 Å². The maximum absolute atomic E-state index is 5.48. The van der Waals surface area contributed by atoms with E-state index in [4.69, 9.17) is 18.6 Å². The summed E-state index contributed by atoms with van der Waals surface area (Å²) in [6.07, 6.45) is 7.88. The molecule has 0 spiro atoms. The summed E-state index contributed by atoms with van der Waals surface area (Å²) in [7, 11) is 0. The largest absolute Gasteiger partial charge is 0.368 e. The van der Waals surface area contributed by atoms with Gasteiger partial charge < -0.3 is 5.32 Å². The minimum Gasteiger partial charge on any atom is -0.368 e. The number of terminal acetylenes is 1. The van der Waals surface area contributed by atoms with Crippen molar-refractivity contribution in [2.75, 3.05) is 6.54 Å². The van der Waals surface area contributed by atoms with Crippen LogP contribution in [0.15, 0.2) is 54.7 Å². The lowest BCUT2D eigenvalue weighted by atomic mass is 9.95. The second-order valence-corrected chi connectivity index (χ2v) is 4.86. The first kappa shape index (κ1) is 14.2. The number of thiocarbonyl (C=S) groups is 1. The number of pyridine rings is 1. The Balaban J connectivity index is 2.21. The van der Waals surface area contributed by atoms with Crippen molar-refractivity contribution in [2.45, 2.75) is 12.3 Å². The maximum Gasteiger partial charge on any atom is 0.0856 e. The highest BCUT2D eigenvalue weighted by Gasteiger charge is 2.18. The predicted molar refractivity (Wildman–Crippen MR) is 86.6 cm³/mol. The molecular weight excluding hydrogens is 264 g/mol. The van der Waals surface area contributed by atoms with E-state index >= 15 is 0 Å². The van der Waals surface area contributed by atoms with Crippen molar-refractivity contribution in [3.05, 3.63) is 66.0 Å². The average Bonchev–Trinajstić information content (AvgIpc) is 2.52. The molecule has 1 aromatic carbocycles. The summed E-state index contributed by atoms with van der Waals surface area (Å²) in [5.74, 6) is 2.59. The molecule has 0 aliphatic carbocycles. The second-order valence-electron chi connectivity index (χ2n) is 4.42. The molecule has 0 saturated heterocycles. The summed E-state index contributed by atoms with van der Waals surface area (Å²) in [5, 5.41) is 3.11. The molecule has 0 amide bonds. The van der Waals surface area contributed by atoms with Gasteiger partial charge in [0.1, 0.15) is 0 Å². The van der Waals surface area contributed by atoms with Crippen LogP contribution in [0.5, 0.6) is 0 Å². The molecule has 1 heterocycles. The van der Waals surface area contributed by atoms with E-state index in [1.54, 1.807) is 6.20 Å². The third kappa shape index (κ3) is 3.91. The first-order chi connectivity index (χ1) is 9.81. The summed E-state index contributed by atoms with van der Waals surface area (Å²) < 4.78 is 0. The van der Waals surface area contributed by atoms with Gasteiger partial charge >= 0.3 is 0 Å². The van der Waals surface area contributed by atoms with Gasteiger partial charge in [0.05, 0.1) is 23.1 Å². The molecule has 0 aliphatic heterocycles. The topological polar surface area (TPSA) is 24.9 Å². The van der Waals surface area contributed by atoms with Gasteiger partial charge in [-0.25, -0.2) is 0 Å². The van der Waals surface area contributed by atoms with Crippen molar-refractivity contribution in [1.29, 1.82) is 0 Å². The quantitative estimate of drug-likeness (QED) is 0.673. The van der Waals surface area contributed by atoms with Gasteiger partial charge in [-0.1, -0.05) is 54.5 Å². The van der Waals surface area contributed by atoms with E-state index in [-0.39, 0.29) is 5.92 Å². The van der Waals surface area contributed by atoms with E-state index < -0.39 is 0 Å². The molecule has 0 aliphatic rings. The Labute approximate surface area is 125 Å². The minimum absolute atomic E-state index is 0.0435. The van der Waals surface area contributed by atoms with Crippen LogP contribution in [-0.4, -0.2) is 16.5 Å². The summed E-state index contributed by atoms with van der Waals surface area (Å²) in [6.45, 7) is 0.441. The zero-order valence-electron chi connectivity index (χ0n) is 11.1. The fraction of sp³-hybridized carbons (Fsp3) is 0.176. The molecule has 2 nitrogen and oxygen atoms in total. The molecule has 0 fully saturated rings. The number of benzene rings is 1. The second kappa shape index (κ2) is 7.42. The van der Waals surface area contributed by atoms with Gasteiger partial charge in [-0.3, -0.25) is 4.98 Å². The molecule has 1 atom stereocenters. The molecule has 2 aromatic rings. The monoisotopic (exact) mass is 280 g/mol. The summed E-state index contributed by atoms with van der Waals surface area (Å²) >= 11 is 5.48. The van der Waals surface area contributed by atoms with Gasteiger partial charge in [0.15, 0.2) is 0 Å². The van der Waals surface area contributed by atoms with Crippen LogP contribution in [0.4, 0.5) is 0 Å². The molecule has 1 unspecified atom stereocenters. The highest BCUT2D eigenvalue weighted by atomic mass is 32.1. The molecule has 100 valence electrons. The van der Waals surface area contributed by atoms with Crippen molar-refractivity contribution in [1.82, 2.24) is 10.3 Å². The lowest BCUT2D eigenvalue weighted by Crippen LogP contribution is -2.29. The molecule has 2 rings (SSSR count). The number of nitrogens with zero attached hydrogens (tertiary/aromatic N) is 1. The SMILES string of the molecule is C#CCNC(=S)C(Cc1ccccc1)c1ccccn1. The predicted octanol–water partition coefficient (Wildman–Crippen LogP) is 2.96. The van der Waals surface area contributed by atoms with Gasteiger partial charge in [0.2, 0.25) is 0 Å². The summed E-state index contributed by atoms with van der Waals surface area (Å²) in [4.78, 5) is 5.17. The molecular formula is C17H16N2S. The maximum atomic E-state index is 5.48. The molecule has 20 heavy (non-hydrogen) atoms. The molecule has 1 N–H and O–H groups in total. The van der Waals surface area contributed by atoms with Crippen LogP contribution >= 0.6 is 12.2 Å². The highest BCUT2D eigenvalue weighted by Crippen LogP contribution is 2.20. The van der Waals surface area contributed by atoms with Crippen molar-refractivity contribution >= 4 is 17.2 Å². The van der Waals surface area contributed by atoms with Crippen LogP contribution in [0.3, 0.4) is 0 Å². The number of aromatic nitrogens is 1. The lowest BCUT2D eigenvalue weighted by molar-refractivity contribution is 0.816. The van der Waals surface area contributed by atoms with E-state index in [0.717, 1.165) is 17.1 Å². The Morgan fingerprint density at radius 3 is 2.60 bits per heavy atom. The molecule has 0 bridgehead atoms. The number of nitrogens with one attached hydrogen (secondary N) is 1. The lowest BCUT2D eigenvalue weighted by Gasteiger charge is -2.18. The van der Waals surface area contributed by atoms with Crippen LogP contribution < -0.4 is 5.32 Å². The number of hydrogen-bond acceptors (Lipinski definition) is 2. The van der Waals surface area contributed by atoms with E-state index in [1.807, 2.05) is 36.4 Å².